The Morgan fingerprint density at radius 3 is 2.63 bits per heavy atom. The third-order valence-electron chi connectivity index (χ3n) is 2.86. The van der Waals surface area contributed by atoms with Crippen LogP contribution in [0, 0.1) is 0 Å². The maximum Gasteiger partial charge on any atom is 0.191 e. The van der Waals surface area contributed by atoms with E-state index >= 15 is 0 Å². The number of halogens is 1. The van der Waals surface area contributed by atoms with E-state index in [0.717, 1.165) is 57.9 Å². The molecule has 1 rings (SSSR count). The summed E-state index contributed by atoms with van der Waals surface area (Å²) in [5, 5.41) is 6.76. The summed E-state index contributed by atoms with van der Waals surface area (Å²) >= 11 is 0. The number of unbranched alkanes of at least 4 members (excludes halogenated alkanes) is 1. The molecular weight excluding hydrogens is 353 g/mol. The summed E-state index contributed by atoms with van der Waals surface area (Å²) in [4.78, 5) is 4.59. The van der Waals surface area contributed by atoms with Gasteiger partial charge in [-0.2, -0.15) is 0 Å². The van der Waals surface area contributed by atoms with Crippen molar-refractivity contribution in [2.24, 2.45) is 4.99 Å². The number of hydrogen-bond donors (Lipinski definition) is 2. The molecule has 19 heavy (non-hydrogen) atoms. The van der Waals surface area contributed by atoms with Crippen LogP contribution in [0.5, 0.6) is 0 Å². The molecule has 1 aliphatic rings. The Balaban J connectivity index is 0.00000324. The van der Waals surface area contributed by atoms with Gasteiger partial charge in [0.1, 0.15) is 0 Å². The maximum absolute atomic E-state index is 5.31. The lowest BCUT2D eigenvalue weighted by molar-refractivity contribution is 0.144. The van der Waals surface area contributed by atoms with Crippen molar-refractivity contribution in [3.63, 3.8) is 0 Å². The first-order valence-electron chi connectivity index (χ1n) is 7.14. The van der Waals surface area contributed by atoms with Gasteiger partial charge in [-0.15, -0.1) is 24.0 Å². The van der Waals surface area contributed by atoms with Crippen molar-refractivity contribution in [2.45, 2.75) is 45.6 Å². The fourth-order valence-electron chi connectivity index (χ4n) is 1.90. The van der Waals surface area contributed by atoms with Gasteiger partial charge in [0, 0.05) is 32.3 Å². The largest absolute Gasteiger partial charge is 0.382 e. The fourth-order valence-corrected chi connectivity index (χ4v) is 1.90. The van der Waals surface area contributed by atoms with Gasteiger partial charge in [-0.3, -0.25) is 4.99 Å². The van der Waals surface area contributed by atoms with Crippen LogP contribution in [0.4, 0.5) is 0 Å². The predicted molar refractivity (Wildman–Crippen MR) is 92.4 cm³/mol. The van der Waals surface area contributed by atoms with Gasteiger partial charge in [-0.1, -0.05) is 12.2 Å². The van der Waals surface area contributed by atoms with Gasteiger partial charge in [-0.05, 0) is 39.5 Å². The number of ether oxygens (including phenoxy) is 1. The first-order valence-corrected chi connectivity index (χ1v) is 7.14. The lowest BCUT2D eigenvalue weighted by Crippen LogP contribution is -2.42. The average Bonchev–Trinajstić information content (AvgIpc) is 2.86. The molecule has 0 aromatic heterocycles. The van der Waals surface area contributed by atoms with Gasteiger partial charge < -0.3 is 15.4 Å². The van der Waals surface area contributed by atoms with Gasteiger partial charge in [0.25, 0.3) is 0 Å². The first kappa shape index (κ1) is 18.7. The van der Waals surface area contributed by atoms with Crippen LogP contribution in [0.3, 0.4) is 0 Å². The molecule has 0 fully saturated rings. The third kappa shape index (κ3) is 9.27. The zero-order valence-electron chi connectivity index (χ0n) is 12.2. The minimum absolute atomic E-state index is 0. The molecule has 0 aromatic carbocycles. The van der Waals surface area contributed by atoms with Gasteiger partial charge in [0.05, 0.1) is 0 Å². The molecule has 0 bridgehead atoms. The molecule has 0 amide bonds. The zero-order chi connectivity index (χ0) is 13.1. The Morgan fingerprint density at radius 1 is 1.26 bits per heavy atom. The highest BCUT2D eigenvalue weighted by Crippen LogP contribution is 2.08. The number of aliphatic imine (C=N–C) groups is 1. The van der Waals surface area contributed by atoms with E-state index in [4.69, 9.17) is 4.74 Å². The number of rotatable bonds is 8. The molecule has 4 nitrogen and oxygen atoms in total. The van der Waals surface area contributed by atoms with Crippen molar-refractivity contribution >= 4 is 29.9 Å². The normalized spacial score (nSPS) is 15.4. The Kier molecular flexibility index (Phi) is 12.5. The summed E-state index contributed by atoms with van der Waals surface area (Å²) in [5.41, 5.74) is 0. The second-order valence-electron chi connectivity index (χ2n) is 4.45. The summed E-state index contributed by atoms with van der Waals surface area (Å²) in [6, 6.07) is 0.520. The number of hydrogen-bond acceptors (Lipinski definition) is 2. The van der Waals surface area contributed by atoms with Crippen molar-refractivity contribution in [1.29, 1.82) is 0 Å². The van der Waals surface area contributed by atoms with Crippen molar-refractivity contribution in [3.05, 3.63) is 12.2 Å². The molecule has 0 saturated heterocycles. The van der Waals surface area contributed by atoms with E-state index in [2.05, 4.69) is 34.7 Å². The molecule has 0 spiro atoms. The van der Waals surface area contributed by atoms with Gasteiger partial charge in [0.2, 0.25) is 0 Å². The number of nitrogens with zero attached hydrogens (tertiary/aromatic N) is 1. The smallest absolute Gasteiger partial charge is 0.191 e. The molecule has 5 heteroatoms. The van der Waals surface area contributed by atoms with Gasteiger partial charge in [-0.25, -0.2) is 0 Å². The quantitative estimate of drug-likeness (QED) is 0.223. The van der Waals surface area contributed by atoms with Crippen LogP contribution in [0.1, 0.15) is 39.5 Å². The SMILES string of the molecule is CCNC(=NCCCCOCC)NC1CC=CC1.I. The number of guanidine groups is 1. The molecule has 1 aliphatic carbocycles. The van der Waals surface area contributed by atoms with Crippen molar-refractivity contribution in [2.75, 3.05) is 26.3 Å². The highest BCUT2D eigenvalue weighted by atomic mass is 127. The molecular formula is C14H28IN3O. The summed E-state index contributed by atoms with van der Waals surface area (Å²) in [6.07, 6.45) is 8.83. The Labute approximate surface area is 134 Å². The van der Waals surface area contributed by atoms with Crippen molar-refractivity contribution < 1.29 is 4.74 Å². The predicted octanol–water partition coefficient (Wildman–Crippen LogP) is 2.69. The maximum atomic E-state index is 5.31. The van der Waals surface area contributed by atoms with Crippen LogP contribution in [0.2, 0.25) is 0 Å². The molecule has 0 aliphatic heterocycles. The second kappa shape index (κ2) is 12.7. The molecule has 0 heterocycles. The fraction of sp³-hybridized carbons (Fsp3) is 0.786. The minimum atomic E-state index is 0. The van der Waals surface area contributed by atoms with E-state index in [-0.39, 0.29) is 24.0 Å². The van der Waals surface area contributed by atoms with Crippen LogP contribution in [-0.2, 0) is 4.74 Å². The van der Waals surface area contributed by atoms with Crippen LogP contribution >= 0.6 is 24.0 Å². The summed E-state index contributed by atoms with van der Waals surface area (Å²) in [7, 11) is 0. The molecule has 2 N–H and O–H groups in total. The lowest BCUT2D eigenvalue weighted by atomic mass is 10.2. The lowest BCUT2D eigenvalue weighted by Gasteiger charge is -2.16. The molecule has 112 valence electrons. The van der Waals surface area contributed by atoms with Crippen LogP contribution in [0.15, 0.2) is 17.1 Å². The van der Waals surface area contributed by atoms with E-state index < -0.39 is 0 Å². The van der Waals surface area contributed by atoms with Crippen molar-refractivity contribution in [1.82, 2.24) is 10.6 Å². The monoisotopic (exact) mass is 381 g/mol. The molecule has 0 unspecified atom stereocenters. The first-order chi connectivity index (χ1) is 8.86. The minimum Gasteiger partial charge on any atom is -0.382 e. The standard InChI is InChI=1S/C14H27N3O.HI/c1-3-15-14(17-13-9-5-6-10-13)16-11-7-8-12-18-4-2;/h5-6,13H,3-4,7-12H2,1-2H3,(H2,15,16,17);1H. The van der Waals surface area contributed by atoms with Crippen LogP contribution in [-0.4, -0.2) is 38.3 Å². The molecule has 0 aromatic rings. The zero-order valence-corrected chi connectivity index (χ0v) is 14.5. The van der Waals surface area contributed by atoms with E-state index in [9.17, 15) is 0 Å². The van der Waals surface area contributed by atoms with E-state index in [1.807, 2.05) is 6.92 Å². The Bertz CT molecular complexity index is 261. The molecule has 0 atom stereocenters. The van der Waals surface area contributed by atoms with Gasteiger partial charge in [0.15, 0.2) is 5.96 Å². The summed E-state index contributed by atoms with van der Waals surface area (Å²) in [6.45, 7) is 7.55. The summed E-state index contributed by atoms with van der Waals surface area (Å²) in [5.74, 6) is 0.947. The second-order valence-corrected chi connectivity index (χ2v) is 4.45. The summed E-state index contributed by atoms with van der Waals surface area (Å²) < 4.78 is 5.31. The van der Waals surface area contributed by atoms with Crippen molar-refractivity contribution in [3.8, 4) is 0 Å². The third-order valence-corrected chi connectivity index (χ3v) is 2.86. The van der Waals surface area contributed by atoms with E-state index in [0.29, 0.717) is 6.04 Å². The van der Waals surface area contributed by atoms with E-state index in [1.165, 1.54) is 0 Å². The van der Waals surface area contributed by atoms with Crippen LogP contribution < -0.4 is 10.6 Å². The average molecular weight is 381 g/mol. The highest BCUT2D eigenvalue weighted by Gasteiger charge is 2.10. The number of nitrogens with one attached hydrogen (secondary N) is 2. The topological polar surface area (TPSA) is 45.7 Å². The Hall–Kier alpha value is -0.300. The van der Waals surface area contributed by atoms with Gasteiger partial charge >= 0.3 is 0 Å². The van der Waals surface area contributed by atoms with Crippen LogP contribution in [0.25, 0.3) is 0 Å². The highest BCUT2D eigenvalue weighted by molar-refractivity contribution is 14.0. The Morgan fingerprint density at radius 2 is 2.00 bits per heavy atom. The molecule has 0 saturated carbocycles. The molecule has 0 radical (unpaired) electrons. The van der Waals surface area contributed by atoms with E-state index in [1.54, 1.807) is 0 Å².